The van der Waals surface area contributed by atoms with Gasteiger partial charge in [0.15, 0.2) is 0 Å². The van der Waals surface area contributed by atoms with Crippen molar-refractivity contribution in [2.75, 3.05) is 27.2 Å². The summed E-state index contributed by atoms with van der Waals surface area (Å²) in [4.78, 5) is 16.3. The molecule has 4 fully saturated rings. The molecule has 4 nitrogen and oxygen atoms in total. The summed E-state index contributed by atoms with van der Waals surface area (Å²) < 4.78 is 0. The average Bonchev–Trinajstić information content (AvgIpc) is 2.84. The molecule has 5 rings (SSSR count). The highest BCUT2D eigenvalue weighted by molar-refractivity contribution is 5.87. The molecule has 0 aromatic heterocycles. The minimum atomic E-state index is -0.288. The summed E-state index contributed by atoms with van der Waals surface area (Å²) in [7, 11) is 4.21. The highest BCUT2D eigenvalue weighted by Gasteiger charge is 2.68. The predicted octanol–water partition coefficient (Wildman–Crippen LogP) is 7.36. The van der Waals surface area contributed by atoms with E-state index in [0.29, 0.717) is 23.2 Å². The van der Waals surface area contributed by atoms with Gasteiger partial charge in [-0.15, -0.1) is 0 Å². The van der Waals surface area contributed by atoms with Crippen molar-refractivity contribution in [2.45, 2.75) is 132 Å². The van der Waals surface area contributed by atoms with Gasteiger partial charge in [0, 0.05) is 6.54 Å². The second-order valence-corrected chi connectivity index (χ2v) is 17.1. The molecule has 4 heteroatoms. The molecule has 5 aliphatic carbocycles. The van der Waals surface area contributed by atoms with E-state index in [9.17, 15) is 9.90 Å². The van der Waals surface area contributed by atoms with E-state index in [1.807, 2.05) is 0 Å². The highest BCUT2D eigenvalue weighted by atomic mass is 16.3. The van der Waals surface area contributed by atoms with Gasteiger partial charge in [-0.3, -0.25) is 4.79 Å². The molecule has 39 heavy (non-hydrogen) atoms. The molecule has 7 atom stereocenters. The number of nitrogens with one attached hydrogen (secondary N) is 1. The zero-order valence-electron chi connectivity index (χ0n) is 26.9. The van der Waals surface area contributed by atoms with E-state index in [0.717, 1.165) is 64.5 Å². The summed E-state index contributed by atoms with van der Waals surface area (Å²) >= 11 is 0. The molecule has 4 saturated carbocycles. The second-order valence-electron chi connectivity index (χ2n) is 17.1. The van der Waals surface area contributed by atoms with Gasteiger partial charge in [0.2, 0.25) is 5.91 Å². The zero-order valence-corrected chi connectivity index (χ0v) is 26.9. The van der Waals surface area contributed by atoms with Crippen LogP contribution in [0.3, 0.4) is 0 Å². The first kappa shape index (κ1) is 29.6. The van der Waals surface area contributed by atoms with Crippen LogP contribution in [0.25, 0.3) is 0 Å². The van der Waals surface area contributed by atoms with Crippen molar-refractivity contribution in [3.05, 3.63) is 11.1 Å². The number of rotatable bonds is 5. The van der Waals surface area contributed by atoms with Crippen LogP contribution in [-0.4, -0.2) is 49.2 Å². The minimum absolute atomic E-state index is 0.00619. The number of aliphatic hydroxyl groups is 1. The largest absolute Gasteiger partial charge is 0.393 e. The summed E-state index contributed by atoms with van der Waals surface area (Å²) in [5.41, 5.74) is 3.94. The van der Waals surface area contributed by atoms with Crippen LogP contribution in [0.5, 0.6) is 0 Å². The van der Waals surface area contributed by atoms with Crippen LogP contribution in [-0.2, 0) is 4.79 Å². The van der Waals surface area contributed by atoms with Gasteiger partial charge in [-0.25, -0.2) is 0 Å². The molecule has 0 bridgehead atoms. The second kappa shape index (κ2) is 9.58. The third kappa shape index (κ3) is 4.31. The van der Waals surface area contributed by atoms with E-state index in [-0.39, 0.29) is 33.2 Å². The number of nitrogens with zero attached hydrogens (tertiary/aromatic N) is 1. The Morgan fingerprint density at radius 1 is 0.872 bits per heavy atom. The number of amides is 1. The van der Waals surface area contributed by atoms with E-state index < -0.39 is 0 Å². The van der Waals surface area contributed by atoms with E-state index in [2.05, 4.69) is 72.8 Å². The minimum Gasteiger partial charge on any atom is -0.393 e. The fourth-order valence-electron chi connectivity index (χ4n) is 11.4. The van der Waals surface area contributed by atoms with E-state index >= 15 is 0 Å². The lowest BCUT2D eigenvalue weighted by Crippen LogP contribution is -2.64. The number of carbonyl (C=O) groups is 1. The molecule has 222 valence electrons. The van der Waals surface area contributed by atoms with Crippen LogP contribution in [0.2, 0.25) is 0 Å². The predicted molar refractivity (Wildman–Crippen MR) is 161 cm³/mol. The molecular weight excluding hydrogens is 480 g/mol. The molecule has 1 unspecified atom stereocenters. The summed E-state index contributed by atoms with van der Waals surface area (Å²) in [6, 6.07) is 0. The van der Waals surface area contributed by atoms with E-state index in [1.165, 1.54) is 25.7 Å². The van der Waals surface area contributed by atoms with Gasteiger partial charge in [-0.2, -0.15) is 0 Å². The maximum Gasteiger partial charge on any atom is 0.230 e. The molecule has 0 aromatic carbocycles. The standard InChI is InChI=1S/C35H60N2O2/c1-30(2)17-19-35(29(39)36-21-10-22-37(8)9)20-18-33(6)24(25(35)23-30)11-12-27-32(5)15-14-28(38)31(3,4)26(32)13-16-34(27,33)7/h26-28,38H,10-23H2,1-9H3,(H,36,39)/t26?,27-,28+,32+,33-,34-,35+/m1/s1. The maximum atomic E-state index is 14.1. The first-order valence-electron chi connectivity index (χ1n) is 16.4. The molecule has 0 saturated heterocycles. The van der Waals surface area contributed by atoms with Crippen LogP contribution in [0.15, 0.2) is 11.1 Å². The van der Waals surface area contributed by atoms with Crippen molar-refractivity contribution < 1.29 is 9.90 Å². The van der Waals surface area contributed by atoms with Gasteiger partial charge in [-0.1, -0.05) is 59.6 Å². The lowest BCUT2D eigenvalue weighted by Gasteiger charge is -2.71. The van der Waals surface area contributed by atoms with Gasteiger partial charge < -0.3 is 15.3 Å². The number of fused-ring (bicyclic) bond motifs is 6. The Balaban J connectivity index is 1.52. The van der Waals surface area contributed by atoms with Crippen molar-refractivity contribution in [1.82, 2.24) is 10.2 Å². The lowest BCUT2D eigenvalue weighted by molar-refractivity contribution is -0.204. The van der Waals surface area contributed by atoms with Crippen LogP contribution >= 0.6 is 0 Å². The van der Waals surface area contributed by atoms with Crippen LogP contribution < -0.4 is 5.32 Å². The number of hydrogen-bond acceptors (Lipinski definition) is 3. The third-order valence-electron chi connectivity index (χ3n) is 14.0. The Morgan fingerprint density at radius 3 is 2.26 bits per heavy atom. The zero-order chi connectivity index (χ0) is 28.6. The smallest absolute Gasteiger partial charge is 0.230 e. The van der Waals surface area contributed by atoms with Crippen molar-refractivity contribution in [2.24, 2.45) is 44.3 Å². The molecule has 0 radical (unpaired) electrons. The van der Waals surface area contributed by atoms with Crippen molar-refractivity contribution in [3.63, 3.8) is 0 Å². The summed E-state index contributed by atoms with van der Waals surface area (Å²) in [6.07, 6.45) is 13.3. The molecule has 5 aliphatic rings. The number of allylic oxidation sites excluding steroid dienone is 1. The van der Waals surface area contributed by atoms with Crippen LogP contribution in [0, 0.1) is 44.3 Å². The third-order valence-corrected chi connectivity index (χ3v) is 14.0. The van der Waals surface area contributed by atoms with Crippen LogP contribution in [0.1, 0.15) is 126 Å². The Bertz CT molecular complexity index is 1010. The number of hydrogen-bond donors (Lipinski definition) is 2. The molecule has 1 amide bonds. The Hall–Kier alpha value is -0.870. The quantitative estimate of drug-likeness (QED) is 0.283. The molecule has 0 aliphatic heterocycles. The fourth-order valence-corrected chi connectivity index (χ4v) is 11.4. The fraction of sp³-hybridized carbons (Fsp3) is 0.914. The van der Waals surface area contributed by atoms with Gasteiger partial charge in [0.25, 0.3) is 0 Å². The molecule has 0 heterocycles. The average molecular weight is 541 g/mol. The number of carbonyl (C=O) groups excluding carboxylic acids is 1. The highest BCUT2D eigenvalue weighted by Crippen LogP contribution is 2.75. The molecule has 2 N–H and O–H groups in total. The Morgan fingerprint density at radius 2 is 1.56 bits per heavy atom. The summed E-state index contributed by atoms with van der Waals surface area (Å²) in [5.74, 6) is 1.61. The lowest BCUT2D eigenvalue weighted by atomic mass is 9.34. The molecule has 0 aromatic rings. The van der Waals surface area contributed by atoms with Gasteiger partial charge in [0.1, 0.15) is 0 Å². The maximum absolute atomic E-state index is 14.1. The van der Waals surface area contributed by atoms with Crippen molar-refractivity contribution in [1.29, 1.82) is 0 Å². The molecule has 0 spiro atoms. The normalized spacial score (nSPS) is 44.6. The Labute approximate surface area is 240 Å². The first-order chi connectivity index (χ1) is 18.0. The van der Waals surface area contributed by atoms with E-state index in [4.69, 9.17) is 0 Å². The van der Waals surface area contributed by atoms with Gasteiger partial charge in [-0.05, 0) is 137 Å². The van der Waals surface area contributed by atoms with Crippen molar-refractivity contribution >= 4 is 5.91 Å². The summed E-state index contributed by atoms with van der Waals surface area (Å²) in [5, 5.41) is 14.4. The van der Waals surface area contributed by atoms with Crippen LogP contribution in [0.4, 0.5) is 0 Å². The Kier molecular flexibility index (Phi) is 7.27. The van der Waals surface area contributed by atoms with Gasteiger partial charge >= 0.3 is 0 Å². The molecular formula is C35H60N2O2. The number of aliphatic hydroxyl groups excluding tert-OH is 1. The van der Waals surface area contributed by atoms with Gasteiger partial charge in [0.05, 0.1) is 11.5 Å². The first-order valence-corrected chi connectivity index (χ1v) is 16.4. The van der Waals surface area contributed by atoms with Crippen molar-refractivity contribution in [3.8, 4) is 0 Å². The topological polar surface area (TPSA) is 52.6 Å². The monoisotopic (exact) mass is 540 g/mol. The SMILES string of the molecule is CN(C)CCCNC(=O)[C@]12CCC(C)(C)CC1=C1CC[C@@H]3[C@@]4(C)CC[C@H](O)C(C)(C)C4CC[C@@]3(C)[C@]1(C)CC2. The summed E-state index contributed by atoms with van der Waals surface area (Å²) in [6.45, 7) is 19.2. The van der Waals surface area contributed by atoms with E-state index in [1.54, 1.807) is 11.1 Å².